The summed E-state index contributed by atoms with van der Waals surface area (Å²) in [7, 11) is 0. The quantitative estimate of drug-likeness (QED) is 0.447. The minimum absolute atomic E-state index is 0.0117. The molecule has 8 nitrogen and oxygen atoms in total. The number of aliphatic hydroxyl groups is 1. The smallest absolute Gasteiger partial charge is 0.416 e. The van der Waals surface area contributed by atoms with Crippen molar-refractivity contribution in [3.63, 3.8) is 0 Å². The fourth-order valence-corrected chi connectivity index (χ4v) is 5.89. The van der Waals surface area contributed by atoms with E-state index in [1.165, 1.54) is 22.9 Å². The lowest BCUT2D eigenvalue weighted by atomic mass is 9.96. The van der Waals surface area contributed by atoms with E-state index in [2.05, 4.69) is 10.2 Å². The van der Waals surface area contributed by atoms with Crippen molar-refractivity contribution >= 4 is 34.7 Å². The predicted octanol–water partition coefficient (Wildman–Crippen LogP) is 2.39. The summed E-state index contributed by atoms with van der Waals surface area (Å²) in [4.78, 5) is 14.8. The van der Waals surface area contributed by atoms with Crippen LogP contribution in [0.3, 0.4) is 0 Å². The van der Waals surface area contributed by atoms with Gasteiger partial charge in [-0.2, -0.15) is 23.4 Å². The number of aromatic hydroxyl groups is 1. The number of ether oxygens (including phenoxy) is 1. The minimum atomic E-state index is -4.66. The van der Waals surface area contributed by atoms with Gasteiger partial charge in [0, 0.05) is 36.6 Å². The van der Waals surface area contributed by atoms with Crippen molar-refractivity contribution < 1.29 is 28.1 Å². The molecule has 1 atom stereocenters. The average molecular weight is 581 g/mol. The molecule has 0 radical (unpaired) electrons. The van der Waals surface area contributed by atoms with Gasteiger partial charge in [-0.25, -0.2) is 0 Å². The number of morpholine rings is 1. The van der Waals surface area contributed by atoms with Crippen LogP contribution in [-0.2, 0) is 23.9 Å². The molecule has 0 unspecified atom stereocenters. The first-order chi connectivity index (χ1) is 18.6. The molecular formula is C26H24ClF3N4O4S. The molecule has 0 bridgehead atoms. The second-order valence-electron chi connectivity index (χ2n) is 9.22. The Morgan fingerprint density at radius 1 is 1.23 bits per heavy atom. The van der Waals surface area contributed by atoms with E-state index in [1.54, 1.807) is 18.2 Å². The largest absolute Gasteiger partial charge is 0.493 e. The molecule has 3 aromatic rings. The first-order valence-corrected chi connectivity index (χ1v) is 13.3. The molecule has 3 heterocycles. The molecule has 5 rings (SSSR count). The van der Waals surface area contributed by atoms with E-state index in [-0.39, 0.29) is 40.9 Å². The molecule has 2 aliphatic heterocycles. The Labute approximate surface area is 229 Å². The van der Waals surface area contributed by atoms with Gasteiger partial charge in [-0.3, -0.25) is 14.3 Å². The summed E-state index contributed by atoms with van der Waals surface area (Å²) in [6.07, 6.45) is -3.76. The number of halogens is 4. The number of thiazole rings is 1. The van der Waals surface area contributed by atoms with Gasteiger partial charge in [0.2, 0.25) is 5.88 Å². The molecular weight excluding hydrogens is 557 g/mol. The molecule has 1 aromatic heterocycles. The molecule has 2 aromatic carbocycles. The highest BCUT2D eigenvalue weighted by atomic mass is 35.5. The number of hydrogen-bond donors (Lipinski definition) is 2. The normalized spacial score (nSPS) is 18.2. The third-order valence-electron chi connectivity index (χ3n) is 6.65. The summed E-state index contributed by atoms with van der Waals surface area (Å²) in [6.45, 7) is 2.02. The Morgan fingerprint density at radius 2 is 2.05 bits per heavy atom. The lowest BCUT2D eigenvalue weighted by Gasteiger charge is -2.32. The summed E-state index contributed by atoms with van der Waals surface area (Å²) < 4.78 is 48.7. The van der Waals surface area contributed by atoms with Gasteiger partial charge in [0.25, 0.3) is 0 Å². The molecule has 2 aliphatic rings. The maximum atomic E-state index is 13.9. The maximum absolute atomic E-state index is 13.9. The third kappa shape index (κ3) is 5.94. The monoisotopic (exact) mass is 580 g/mol. The Hall–Kier alpha value is -3.03. The van der Waals surface area contributed by atoms with Crippen molar-refractivity contribution in [1.82, 2.24) is 9.47 Å². The zero-order valence-corrected chi connectivity index (χ0v) is 22.1. The predicted molar refractivity (Wildman–Crippen MR) is 141 cm³/mol. The van der Waals surface area contributed by atoms with E-state index in [9.17, 15) is 28.2 Å². The molecule has 39 heavy (non-hydrogen) atoms. The van der Waals surface area contributed by atoms with E-state index >= 15 is 0 Å². The van der Waals surface area contributed by atoms with Crippen LogP contribution in [0.1, 0.15) is 21.6 Å². The first-order valence-electron chi connectivity index (χ1n) is 12.1. The number of alkyl halides is 3. The summed E-state index contributed by atoms with van der Waals surface area (Å²) >= 11 is 6.65. The third-order valence-corrected chi connectivity index (χ3v) is 7.91. The van der Waals surface area contributed by atoms with Crippen molar-refractivity contribution in [1.29, 1.82) is 0 Å². The molecule has 1 fully saturated rings. The van der Waals surface area contributed by atoms with Gasteiger partial charge in [-0.1, -0.05) is 35.1 Å². The summed E-state index contributed by atoms with van der Waals surface area (Å²) in [5, 5.41) is 29.4. The number of rotatable bonds is 7. The molecule has 2 N–H and O–H groups in total. The molecule has 0 spiro atoms. The Balaban J connectivity index is 1.60. The van der Waals surface area contributed by atoms with Gasteiger partial charge in [0.15, 0.2) is 0 Å². The second-order valence-corrected chi connectivity index (χ2v) is 10.6. The highest BCUT2D eigenvalue weighted by molar-refractivity contribution is 7.10. The van der Waals surface area contributed by atoms with Gasteiger partial charge in [0.05, 0.1) is 47.9 Å². The standard InChI is InChI=1S/C26H24ClF3N4O4S/c27-18-3-1-16(21(11-18)26(28,29)30)10-20(15-2-4-22-17(9-15)12-31-32-22)23-24(36)34(25(37)39-23)14-19-13-33(5-7-35)6-8-38-19/h1-4,9,11-12,19,35-36H,5-8,10,13-14H2/t19-/m0/s1. The van der Waals surface area contributed by atoms with Crippen molar-refractivity contribution in [2.75, 3.05) is 32.8 Å². The van der Waals surface area contributed by atoms with Crippen LogP contribution in [0.4, 0.5) is 13.2 Å². The Kier molecular flexibility index (Phi) is 7.92. The van der Waals surface area contributed by atoms with E-state index in [1.807, 2.05) is 4.90 Å². The van der Waals surface area contributed by atoms with Gasteiger partial charge in [-0.15, -0.1) is 0 Å². The summed E-state index contributed by atoms with van der Waals surface area (Å²) in [5.41, 5.74) is 0.0672. The van der Waals surface area contributed by atoms with Crippen LogP contribution in [0.5, 0.6) is 5.88 Å². The number of benzene rings is 2. The van der Waals surface area contributed by atoms with Crippen LogP contribution in [0.15, 0.2) is 51.4 Å². The number of nitrogens with zero attached hydrogens (tertiary/aromatic N) is 4. The zero-order valence-electron chi connectivity index (χ0n) is 20.5. The van der Waals surface area contributed by atoms with Crippen molar-refractivity contribution in [2.45, 2.75) is 25.2 Å². The van der Waals surface area contributed by atoms with Crippen LogP contribution in [0.2, 0.25) is 5.02 Å². The maximum Gasteiger partial charge on any atom is 0.416 e. The van der Waals surface area contributed by atoms with E-state index in [0.717, 1.165) is 17.4 Å². The Bertz CT molecular complexity index is 1600. The van der Waals surface area contributed by atoms with Gasteiger partial charge in [0.1, 0.15) is 0 Å². The molecule has 0 saturated carbocycles. The number of fused-ring (bicyclic) bond motifs is 1. The fraction of sp³-hybridized carbons (Fsp3) is 0.346. The molecule has 1 saturated heterocycles. The Morgan fingerprint density at radius 3 is 2.82 bits per heavy atom. The SMILES string of the molecule is O=c1sc(C(Cc2ccc(Cl)cc2C(F)(F)F)=c2ccc3c(c2)C=NN=3)c(O)n1C[C@@H]1CN(CCO)CCO1. The van der Waals surface area contributed by atoms with E-state index < -0.39 is 22.7 Å². The van der Waals surface area contributed by atoms with E-state index in [4.69, 9.17) is 16.3 Å². The van der Waals surface area contributed by atoms with Crippen LogP contribution in [0, 0.1) is 0 Å². The van der Waals surface area contributed by atoms with Crippen molar-refractivity contribution in [2.24, 2.45) is 10.2 Å². The van der Waals surface area contributed by atoms with Crippen LogP contribution in [-0.4, -0.2) is 64.8 Å². The molecule has 13 heteroatoms. The molecule has 206 valence electrons. The summed E-state index contributed by atoms with van der Waals surface area (Å²) in [6, 6.07) is 8.64. The highest BCUT2D eigenvalue weighted by Crippen LogP contribution is 2.37. The van der Waals surface area contributed by atoms with Gasteiger partial charge in [-0.05, 0) is 40.6 Å². The zero-order chi connectivity index (χ0) is 27.7. The topological polar surface area (TPSA) is 99.6 Å². The van der Waals surface area contributed by atoms with E-state index in [0.29, 0.717) is 48.0 Å². The fourth-order valence-electron chi connectivity index (χ4n) is 4.75. The van der Waals surface area contributed by atoms with Crippen molar-refractivity contribution in [3.8, 4) is 5.88 Å². The van der Waals surface area contributed by atoms with Crippen LogP contribution in [0.25, 0.3) is 5.57 Å². The lowest BCUT2D eigenvalue weighted by Crippen LogP contribution is -2.45. The van der Waals surface area contributed by atoms with Crippen LogP contribution < -0.4 is 15.4 Å². The number of aliphatic hydroxyl groups excluding tert-OH is 1. The molecule has 0 amide bonds. The number of hydrogen-bond acceptors (Lipinski definition) is 8. The van der Waals surface area contributed by atoms with Gasteiger partial charge >= 0.3 is 11.0 Å². The number of β-amino-alcohol motifs (C(OH)–C–C–N with tert-alkyl or cyclic N) is 1. The second kappa shape index (κ2) is 11.2. The van der Waals surface area contributed by atoms with Gasteiger partial charge < -0.3 is 14.9 Å². The number of aromatic nitrogens is 1. The highest BCUT2D eigenvalue weighted by Gasteiger charge is 2.34. The summed E-state index contributed by atoms with van der Waals surface area (Å²) in [5.74, 6) is -0.343. The average Bonchev–Trinajstić information content (AvgIpc) is 3.47. The van der Waals surface area contributed by atoms with Crippen LogP contribution >= 0.6 is 22.9 Å². The minimum Gasteiger partial charge on any atom is -0.493 e. The molecule has 0 aliphatic carbocycles. The lowest BCUT2D eigenvalue weighted by molar-refractivity contribution is -0.138. The first kappa shape index (κ1) is 27.5. The van der Waals surface area contributed by atoms with Crippen molar-refractivity contribution in [3.05, 3.63) is 83.2 Å².